The molecule has 0 radical (unpaired) electrons. The molecule has 2 aliphatic rings. The first-order valence-corrected chi connectivity index (χ1v) is 13.4. The molecule has 14 heteroatoms. The SMILES string of the molecule is CN(C)C1CCN(c2cc(F)c(-c3cnc(N4CCOCC4)nc3)cc2NC(=O)c2cn(C)c(=O)cc2C(F)(F)F)C1. The Kier molecular flexibility index (Phi) is 8.19. The molecule has 2 aromatic heterocycles. The van der Waals surface area contributed by atoms with Crippen molar-refractivity contribution in [2.75, 3.05) is 68.6 Å². The van der Waals surface area contributed by atoms with Crippen molar-refractivity contribution in [1.29, 1.82) is 0 Å². The lowest BCUT2D eigenvalue weighted by atomic mass is 10.0. The second-order valence-corrected chi connectivity index (χ2v) is 10.6. The number of hydrogen-bond donors (Lipinski definition) is 1. The number of carbonyl (C=O) groups is 1. The Labute approximate surface area is 239 Å². The molecule has 42 heavy (non-hydrogen) atoms. The summed E-state index contributed by atoms with van der Waals surface area (Å²) in [5, 5.41) is 2.57. The predicted octanol–water partition coefficient (Wildman–Crippen LogP) is 3.23. The van der Waals surface area contributed by atoms with Crippen LogP contribution in [0.15, 0.2) is 41.6 Å². The van der Waals surface area contributed by atoms with Crippen LogP contribution in [0.3, 0.4) is 0 Å². The summed E-state index contributed by atoms with van der Waals surface area (Å²) in [5.74, 6) is -1.22. The van der Waals surface area contributed by atoms with E-state index in [1.165, 1.54) is 31.6 Å². The summed E-state index contributed by atoms with van der Waals surface area (Å²) in [4.78, 5) is 39.9. The fourth-order valence-corrected chi connectivity index (χ4v) is 5.15. The number of rotatable bonds is 6. The highest BCUT2D eigenvalue weighted by Crippen LogP contribution is 2.37. The van der Waals surface area contributed by atoms with Gasteiger partial charge in [-0.1, -0.05) is 0 Å². The highest BCUT2D eigenvalue weighted by atomic mass is 19.4. The Morgan fingerprint density at radius 2 is 1.76 bits per heavy atom. The molecule has 1 aromatic carbocycles. The quantitative estimate of drug-likeness (QED) is 0.438. The first-order valence-electron chi connectivity index (χ1n) is 13.4. The largest absolute Gasteiger partial charge is 0.417 e. The number of alkyl halides is 3. The van der Waals surface area contributed by atoms with Crippen LogP contribution in [0.2, 0.25) is 0 Å². The maximum atomic E-state index is 15.6. The number of benzene rings is 1. The van der Waals surface area contributed by atoms with Gasteiger partial charge in [-0.05, 0) is 32.6 Å². The molecule has 1 unspecified atom stereocenters. The molecule has 0 saturated carbocycles. The summed E-state index contributed by atoms with van der Waals surface area (Å²) in [7, 11) is 5.12. The zero-order chi connectivity index (χ0) is 30.2. The van der Waals surface area contributed by atoms with Crippen LogP contribution in [-0.2, 0) is 18.0 Å². The van der Waals surface area contributed by atoms with Crippen molar-refractivity contribution in [2.45, 2.75) is 18.6 Å². The van der Waals surface area contributed by atoms with Gasteiger partial charge in [0, 0.05) is 75.1 Å². The normalized spacial score (nSPS) is 17.7. The Balaban J connectivity index is 1.54. The molecule has 0 bridgehead atoms. The molecule has 10 nitrogen and oxygen atoms in total. The number of pyridine rings is 1. The summed E-state index contributed by atoms with van der Waals surface area (Å²) in [6, 6.07) is 3.21. The zero-order valence-corrected chi connectivity index (χ0v) is 23.4. The number of amides is 1. The smallest absolute Gasteiger partial charge is 0.378 e. The van der Waals surface area contributed by atoms with E-state index in [0.29, 0.717) is 62.7 Å². The average Bonchev–Trinajstić information content (AvgIpc) is 3.46. The van der Waals surface area contributed by atoms with E-state index >= 15 is 4.39 Å². The van der Waals surface area contributed by atoms with Gasteiger partial charge in [0.15, 0.2) is 0 Å². The Bertz CT molecular complexity index is 1520. The first kappa shape index (κ1) is 29.5. The van der Waals surface area contributed by atoms with E-state index in [9.17, 15) is 22.8 Å². The Morgan fingerprint density at radius 1 is 1.07 bits per heavy atom. The number of morpholine rings is 1. The minimum atomic E-state index is -4.94. The highest BCUT2D eigenvalue weighted by Gasteiger charge is 2.37. The standard InChI is InChI=1S/C28H31F4N7O3/c1-36(2)18-4-5-39(15-18)24-12-22(29)19(17-13-33-27(34-14-17)38-6-8-42-9-7-38)10-23(24)35-26(41)20-16-37(3)25(40)11-21(20)28(30,31)32/h10-14,16,18H,4-9,15H2,1-3H3,(H,35,41). The lowest BCUT2D eigenvalue weighted by Gasteiger charge is -2.27. The zero-order valence-electron chi connectivity index (χ0n) is 23.4. The van der Waals surface area contributed by atoms with Gasteiger partial charge in [0.2, 0.25) is 5.95 Å². The van der Waals surface area contributed by atoms with Crippen molar-refractivity contribution >= 4 is 23.2 Å². The third-order valence-corrected chi connectivity index (χ3v) is 7.59. The van der Waals surface area contributed by atoms with Crippen molar-refractivity contribution in [2.24, 2.45) is 7.05 Å². The number of nitrogens with one attached hydrogen (secondary N) is 1. The second-order valence-electron chi connectivity index (χ2n) is 10.6. The van der Waals surface area contributed by atoms with Gasteiger partial charge in [-0.2, -0.15) is 13.2 Å². The minimum absolute atomic E-state index is 0.0717. The number of anilines is 3. The number of likely N-dealkylation sites (N-methyl/N-ethyl adjacent to an activating group) is 1. The highest BCUT2D eigenvalue weighted by molar-refractivity contribution is 6.07. The van der Waals surface area contributed by atoms with Gasteiger partial charge in [0.1, 0.15) is 5.82 Å². The molecule has 1 atom stereocenters. The van der Waals surface area contributed by atoms with E-state index in [-0.39, 0.29) is 17.3 Å². The Hall–Kier alpha value is -4.04. The molecule has 4 heterocycles. The molecule has 2 aliphatic heterocycles. The van der Waals surface area contributed by atoms with Crippen molar-refractivity contribution in [3.05, 3.63) is 64.1 Å². The number of aryl methyl sites for hydroxylation is 1. The van der Waals surface area contributed by atoms with E-state index in [2.05, 4.69) is 15.3 Å². The molecule has 5 rings (SSSR count). The van der Waals surface area contributed by atoms with Crippen LogP contribution in [0.25, 0.3) is 11.1 Å². The maximum Gasteiger partial charge on any atom is 0.417 e. The molecule has 3 aromatic rings. The van der Waals surface area contributed by atoms with Crippen LogP contribution in [-0.4, -0.2) is 84.9 Å². The number of halogens is 4. The van der Waals surface area contributed by atoms with Gasteiger partial charge in [0.05, 0.1) is 35.7 Å². The summed E-state index contributed by atoms with van der Waals surface area (Å²) in [6.07, 6.45) is -0.382. The topological polar surface area (TPSA) is 95.8 Å². The summed E-state index contributed by atoms with van der Waals surface area (Å²) < 4.78 is 63.3. The lowest BCUT2D eigenvalue weighted by molar-refractivity contribution is -0.138. The predicted molar refractivity (Wildman–Crippen MR) is 149 cm³/mol. The minimum Gasteiger partial charge on any atom is -0.378 e. The summed E-state index contributed by atoms with van der Waals surface area (Å²) in [6.45, 7) is 3.40. The van der Waals surface area contributed by atoms with Crippen molar-refractivity contribution in [3.8, 4) is 11.1 Å². The molecule has 2 saturated heterocycles. The van der Waals surface area contributed by atoms with Gasteiger partial charge in [-0.15, -0.1) is 0 Å². The average molecular weight is 590 g/mol. The molecule has 1 amide bonds. The van der Waals surface area contributed by atoms with Gasteiger partial charge < -0.3 is 29.3 Å². The van der Waals surface area contributed by atoms with E-state index < -0.39 is 34.6 Å². The number of aromatic nitrogens is 3. The van der Waals surface area contributed by atoms with Crippen molar-refractivity contribution in [3.63, 3.8) is 0 Å². The fraction of sp³-hybridized carbons (Fsp3) is 0.429. The third kappa shape index (κ3) is 6.09. The third-order valence-electron chi connectivity index (χ3n) is 7.59. The van der Waals surface area contributed by atoms with Crippen LogP contribution in [0, 0.1) is 5.82 Å². The van der Waals surface area contributed by atoms with Crippen molar-refractivity contribution < 1.29 is 27.1 Å². The van der Waals surface area contributed by atoms with Gasteiger partial charge in [-0.3, -0.25) is 9.59 Å². The van der Waals surface area contributed by atoms with E-state index in [0.717, 1.165) is 17.2 Å². The number of nitrogens with zero attached hydrogens (tertiary/aromatic N) is 6. The van der Waals surface area contributed by atoms with Crippen LogP contribution in [0.4, 0.5) is 34.9 Å². The fourth-order valence-electron chi connectivity index (χ4n) is 5.15. The maximum absolute atomic E-state index is 15.6. The summed E-state index contributed by atoms with van der Waals surface area (Å²) >= 11 is 0. The molecule has 0 spiro atoms. The van der Waals surface area contributed by atoms with Gasteiger partial charge >= 0.3 is 6.18 Å². The number of ether oxygens (including phenoxy) is 1. The monoisotopic (exact) mass is 589 g/mol. The Morgan fingerprint density at radius 3 is 2.38 bits per heavy atom. The van der Waals surface area contributed by atoms with Crippen LogP contribution >= 0.6 is 0 Å². The molecule has 2 fully saturated rings. The van der Waals surface area contributed by atoms with Crippen LogP contribution < -0.4 is 20.7 Å². The molecular formula is C28H31F4N7O3. The van der Waals surface area contributed by atoms with Crippen molar-refractivity contribution in [1.82, 2.24) is 19.4 Å². The van der Waals surface area contributed by atoms with Crippen LogP contribution in [0.5, 0.6) is 0 Å². The number of carbonyl (C=O) groups excluding carboxylic acids is 1. The van der Waals surface area contributed by atoms with Gasteiger partial charge in [-0.25, -0.2) is 14.4 Å². The molecule has 224 valence electrons. The molecule has 0 aliphatic carbocycles. The first-order chi connectivity index (χ1) is 19.9. The lowest BCUT2D eigenvalue weighted by Crippen LogP contribution is -2.37. The summed E-state index contributed by atoms with van der Waals surface area (Å²) in [5.41, 5.74) is -2.14. The van der Waals surface area contributed by atoms with E-state index in [4.69, 9.17) is 4.74 Å². The molecular weight excluding hydrogens is 558 g/mol. The number of hydrogen-bond acceptors (Lipinski definition) is 8. The van der Waals surface area contributed by atoms with Crippen LogP contribution in [0.1, 0.15) is 22.3 Å². The van der Waals surface area contributed by atoms with E-state index in [1.807, 2.05) is 28.8 Å². The van der Waals surface area contributed by atoms with Gasteiger partial charge in [0.25, 0.3) is 11.5 Å². The second kappa shape index (κ2) is 11.7. The van der Waals surface area contributed by atoms with E-state index in [1.54, 1.807) is 0 Å². The molecule has 1 N–H and O–H groups in total.